The van der Waals surface area contributed by atoms with E-state index in [9.17, 15) is 4.39 Å². The molecule has 2 nitrogen and oxygen atoms in total. The molecule has 2 rings (SSSR count). The number of aryl methyl sites for hydroxylation is 1. The molecule has 1 unspecified atom stereocenters. The highest BCUT2D eigenvalue weighted by molar-refractivity contribution is 5.30. The van der Waals surface area contributed by atoms with Crippen molar-refractivity contribution < 1.29 is 4.39 Å². The number of benzene rings is 1. The van der Waals surface area contributed by atoms with Gasteiger partial charge in [0, 0.05) is 18.6 Å². The van der Waals surface area contributed by atoms with E-state index >= 15 is 0 Å². The Morgan fingerprint density at radius 1 is 1.47 bits per heavy atom. The Kier molecular flexibility index (Phi) is 3.79. The van der Waals surface area contributed by atoms with Gasteiger partial charge < -0.3 is 5.73 Å². The van der Waals surface area contributed by atoms with Crippen molar-refractivity contribution in [2.75, 3.05) is 13.6 Å². The highest BCUT2D eigenvalue weighted by Gasteiger charge is 2.28. The van der Waals surface area contributed by atoms with Crippen LogP contribution >= 0.6 is 0 Å². The minimum atomic E-state index is -0.173. The van der Waals surface area contributed by atoms with Crippen LogP contribution in [0.5, 0.6) is 0 Å². The number of nitrogens with two attached hydrogens (primary N) is 1. The smallest absolute Gasteiger partial charge is 0.123 e. The van der Waals surface area contributed by atoms with Gasteiger partial charge >= 0.3 is 0 Å². The Morgan fingerprint density at radius 2 is 2.18 bits per heavy atom. The van der Waals surface area contributed by atoms with E-state index in [2.05, 4.69) is 11.9 Å². The minimum Gasteiger partial charge on any atom is -0.329 e. The molecule has 0 aromatic heterocycles. The van der Waals surface area contributed by atoms with Crippen molar-refractivity contribution in [2.45, 2.75) is 38.3 Å². The Hall–Kier alpha value is -0.930. The number of likely N-dealkylation sites (N-methyl/N-ethyl adjacent to an activating group) is 1. The van der Waals surface area contributed by atoms with Crippen molar-refractivity contribution >= 4 is 0 Å². The fraction of sp³-hybridized carbons (Fsp3) is 0.571. The Morgan fingerprint density at radius 3 is 2.65 bits per heavy atom. The largest absolute Gasteiger partial charge is 0.329 e. The van der Waals surface area contributed by atoms with Crippen LogP contribution in [0.25, 0.3) is 0 Å². The lowest BCUT2D eigenvalue weighted by atomic mass is 9.89. The summed E-state index contributed by atoms with van der Waals surface area (Å²) in [6.07, 6.45) is 3.83. The van der Waals surface area contributed by atoms with Gasteiger partial charge in [0.2, 0.25) is 0 Å². The number of rotatable bonds is 4. The highest BCUT2D eigenvalue weighted by Crippen LogP contribution is 2.31. The molecule has 0 amide bonds. The summed E-state index contributed by atoms with van der Waals surface area (Å²) in [7, 11) is 2.13. The normalized spacial score (nSPS) is 18.2. The molecule has 1 aromatic carbocycles. The second-order valence-corrected chi connectivity index (χ2v) is 5.00. The fourth-order valence-corrected chi connectivity index (χ4v) is 2.57. The van der Waals surface area contributed by atoms with Gasteiger partial charge in [-0.3, -0.25) is 4.90 Å². The predicted molar refractivity (Wildman–Crippen MR) is 68.3 cm³/mol. The zero-order valence-corrected chi connectivity index (χ0v) is 10.6. The number of nitrogens with zero attached hydrogens (tertiary/aromatic N) is 1. The summed E-state index contributed by atoms with van der Waals surface area (Å²) in [6, 6.07) is 5.85. The average molecular weight is 236 g/mol. The van der Waals surface area contributed by atoms with Crippen molar-refractivity contribution in [2.24, 2.45) is 5.73 Å². The fourth-order valence-electron chi connectivity index (χ4n) is 2.57. The van der Waals surface area contributed by atoms with Crippen molar-refractivity contribution in [3.8, 4) is 0 Å². The van der Waals surface area contributed by atoms with Crippen molar-refractivity contribution in [1.82, 2.24) is 4.90 Å². The van der Waals surface area contributed by atoms with Gasteiger partial charge in [-0.2, -0.15) is 0 Å². The molecule has 0 heterocycles. The van der Waals surface area contributed by atoms with Crippen LogP contribution in [-0.4, -0.2) is 24.5 Å². The second kappa shape index (κ2) is 5.15. The summed E-state index contributed by atoms with van der Waals surface area (Å²) in [5.41, 5.74) is 8.04. The molecule has 1 saturated carbocycles. The summed E-state index contributed by atoms with van der Waals surface area (Å²) >= 11 is 0. The van der Waals surface area contributed by atoms with Crippen LogP contribution < -0.4 is 5.73 Å². The minimum absolute atomic E-state index is 0.173. The van der Waals surface area contributed by atoms with E-state index in [1.54, 1.807) is 6.07 Å². The quantitative estimate of drug-likeness (QED) is 0.870. The van der Waals surface area contributed by atoms with E-state index in [1.165, 1.54) is 25.3 Å². The molecule has 1 atom stereocenters. The first-order valence-corrected chi connectivity index (χ1v) is 6.31. The molecule has 0 aliphatic heterocycles. The van der Waals surface area contributed by atoms with E-state index in [0.29, 0.717) is 12.6 Å². The van der Waals surface area contributed by atoms with Gasteiger partial charge in [0.15, 0.2) is 0 Å². The predicted octanol–water partition coefficient (Wildman–Crippen LogP) is 2.62. The second-order valence-electron chi connectivity index (χ2n) is 5.00. The molecule has 1 aliphatic rings. The zero-order valence-electron chi connectivity index (χ0n) is 10.6. The standard InChI is InChI=1S/C14H21FN2/c1-10-8-11(15)6-7-13(10)14(9-16)17(2)12-4-3-5-12/h6-8,12,14H,3-5,9,16H2,1-2H3. The van der Waals surface area contributed by atoms with E-state index in [0.717, 1.165) is 11.1 Å². The summed E-state index contributed by atoms with van der Waals surface area (Å²) in [6.45, 7) is 2.54. The molecule has 1 fully saturated rings. The van der Waals surface area contributed by atoms with Crippen molar-refractivity contribution in [3.63, 3.8) is 0 Å². The van der Waals surface area contributed by atoms with Crippen molar-refractivity contribution in [1.29, 1.82) is 0 Å². The van der Waals surface area contributed by atoms with Crippen LogP contribution in [0.4, 0.5) is 4.39 Å². The average Bonchev–Trinajstić information content (AvgIpc) is 2.19. The molecule has 1 aromatic rings. The van der Waals surface area contributed by atoms with Gasteiger partial charge in [0.25, 0.3) is 0 Å². The molecular formula is C14H21FN2. The van der Waals surface area contributed by atoms with Gasteiger partial charge in [-0.15, -0.1) is 0 Å². The maximum Gasteiger partial charge on any atom is 0.123 e. The van der Waals surface area contributed by atoms with Crippen LogP contribution in [0.15, 0.2) is 18.2 Å². The van der Waals surface area contributed by atoms with Gasteiger partial charge in [0.1, 0.15) is 5.82 Å². The van der Waals surface area contributed by atoms with Crippen LogP contribution in [0.3, 0.4) is 0 Å². The third kappa shape index (κ3) is 2.50. The van der Waals surface area contributed by atoms with E-state index in [4.69, 9.17) is 5.73 Å². The van der Waals surface area contributed by atoms with Crippen LogP contribution in [0.2, 0.25) is 0 Å². The van der Waals surface area contributed by atoms with Crippen LogP contribution in [-0.2, 0) is 0 Å². The molecule has 94 valence electrons. The summed E-state index contributed by atoms with van der Waals surface area (Å²) in [4.78, 5) is 2.35. The zero-order chi connectivity index (χ0) is 12.4. The first kappa shape index (κ1) is 12.5. The third-order valence-corrected chi connectivity index (χ3v) is 3.96. The molecule has 3 heteroatoms. The Bertz CT molecular complexity index is 388. The number of hydrogen-bond donors (Lipinski definition) is 1. The van der Waals surface area contributed by atoms with Gasteiger partial charge in [-0.25, -0.2) is 4.39 Å². The molecule has 0 bridgehead atoms. The summed E-state index contributed by atoms with van der Waals surface area (Å²) < 4.78 is 13.1. The molecule has 0 spiro atoms. The lowest BCUT2D eigenvalue weighted by molar-refractivity contribution is 0.113. The summed E-state index contributed by atoms with van der Waals surface area (Å²) in [5, 5.41) is 0. The van der Waals surface area contributed by atoms with E-state index < -0.39 is 0 Å². The molecule has 0 radical (unpaired) electrons. The molecule has 1 aliphatic carbocycles. The molecule has 2 N–H and O–H groups in total. The topological polar surface area (TPSA) is 29.3 Å². The van der Waals surface area contributed by atoms with E-state index in [-0.39, 0.29) is 11.9 Å². The molecule has 17 heavy (non-hydrogen) atoms. The number of hydrogen-bond acceptors (Lipinski definition) is 2. The first-order valence-electron chi connectivity index (χ1n) is 6.31. The third-order valence-electron chi connectivity index (χ3n) is 3.96. The van der Waals surface area contributed by atoms with Crippen LogP contribution in [0.1, 0.15) is 36.4 Å². The van der Waals surface area contributed by atoms with Gasteiger partial charge in [-0.05, 0) is 50.1 Å². The first-order chi connectivity index (χ1) is 8.13. The van der Waals surface area contributed by atoms with Crippen LogP contribution in [0, 0.1) is 12.7 Å². The lowest BCUT2D eigenvalue weighted by Crippen LogP contribution is -2.42. The molecular weight excluding hydrogens is 215 g/mol. The maximum absolute atomic E-state index is 13.1. The lowest BCUT2D eigenvalue weighted by Gasteiger charge is -2.40. The van der Waals surface area contributed by atoms with Crippen molar-refractivity contribution in [3.05, 3.63) is 35.1 Å². The Balaban J connectivity index is 2.21. The monoisotopic (exact) mass is 236 g/mol. The van der Waals surface area contributed by atoms with Gasteiger partial charge in [-0.1, -0.05) is 12.5 Å². The van der Waals surface area contributed by atoms with Gasteiger partial charge in [0.05, 0.1) is 0 Å². The Labute approximate surface area is 103 Å². The summed E-state index contributed by atoms with van der Waals surface area (Å²) in [5.74, 6) is -0.173. The molecule has 0 saturated heterocycles. The van der Waals surface area contributed by atoms with E-state index in [1.807, 2.05) is 13.0 Å². The number of halogens is 1. The maximum atomic E-state index is 13.1. The SMILES string of the molecule is Cc1cc(F)ccc1C(CN)N(C)C1CCC1. The highest BCUT2D eigenvalue weighted by atomic mass is 19.1.